The Hall–Kier alpha value is -2.49. The number of aryl methyl sites for hydroxylation is 1. The minimum atomic E-state index is 0.183. The van der Waals surface area contributed by atoms with Crippen molar-refractivity contribution in [2.75, 3.05) is 24.2 Å². The molecule has 0 saturated carbocycles. The van der Waals surface area contributed by atoms with Crippen LogP contribution in [0.1, 0.15) is 24.5 Å². The van der Waals surface area contributed by atoms with Gasteiger partial charge in [-0.05, 0) is 36.6 Å². The van der Waals surface area contributed by atoms with Gasteiger partial charge in [0.1, 0.15) is 0 Å². The highest BCUT2D eigenvalue weighted by Gasteiger charge is 2.26. The second-order valence-corrected chi connectivity index (χ2v) is 6.58. The van der Waals surface area contributed by atoms with Crippen LogP contribution in [0.15, 0.2) is 48.5 Å². The number of carbonyl (C=O) groups excluding carboxylic acids is 1. The first-order valence-electron chi connectivity index (χ1n) is 8.48. The van der Waals surface area contributed by atoms with Gasteiger partial charge in [-0.1, -0.05) is 36.4 Å². The standard InChI is InChI=1S/C20H25N3O/c1-15-13-22(2)19-10-6-4-8-17(19)14-23(15)20(24)12-11-16-7-3-5-9-18(16)21/h3-10,15H,11-14,21H2,1-2H3. The van der Waals surface area contributed by atoms with Crippen molar-refractivity contribution in [3.8, 4) is 0 Å². The van der Waals surface area contributed by atoms with Gasteiger partial charge in [0, 0.05) is 44.0 Å². The molecule has 1 unspecified atom stereocenters. The fraction of sp³-hybridized carbons (Fsp3) is 0.350. The smallest absolute Gasteiger partial charge is 0.223 e. The molecule has 2 N–H and O–H groups in total. The van der Waals surface area contributed by atoms with Gasteiger partial charge in [-0.2, -0.15) is 0 Å². The highest BCUT2D eigenvalue weighted by molar-refractivity contribution is 5.78. The third-order valence-corrected chi connectivity index (χ3v) is 4.80. The maximum atomic E-state index is 12.8. The molecule has 2 aromatic rings. The molecule has 0 aromatic heterocycles. The van der Waals surface area contributed by atoms with Crippen molar-refractivity contribution in [2.45, 2.75) is 32.4 Å². The third-order valence-electron chi connectivity index (χ3n) is 4.80. The Bertz CT molecular complexity index is 728. The van der Waals surface area contributed by atoms with Crippen LogP contribution in [0.3, 0.4) is 0 Å². The Morgan fingerprint density at radius 3 is 2.67 bits per heavy atom. The van der Waals surface area contributed by atoms with Gasteiger partial charge in [-0.3, -0.25) is 4.79 Å². The Kier molecular flexibility index (Phi) is 4.74. The minimum absolute atomic E-state index is 0.183. The summed E-state index contributed by atoms with van der Waals surface area (Å²) in [5.74, 6) is 0.191. The van der Waals surface area contributed by atoms with Gasteiger partial charge in [0.15, 0.2) is 0 Å². The first-order chi connectivity index (χ1) is 11.6. The fourth-order valence-electron chi connectivity index (χ4n) is 3.43. The summed E-state index contributed by atoms with van der Waals surface area (Å²) in [5.41, 5.74) is 10.2. The zero-order valence-corrected chi connectivity index (χ0v) is 14.4. The summed E-state index contributed by atoms with van der Waals surface area (Å²) in [4.78, 5) is 17.1. The molecular formula is C20H25N3O. The summed E-state index contributed by atoms with van der Waals surface area (Å²) < 4.78 is 0. The topological polar surface area (TPSA) is 49.6 Å². The lowest BCUT2D eigenvalue weighted by atomic mass is 10.1. The highest BCUT2D eigenvalue weighted by Crippen LogP contribution is 2.26. The van der Waals surface area contributed by atoms with E-state index < -0.39 is 0 Å². The number of likely N-dealkylation sites (N-methyl/N-ethyl adjacent to an activating group) is 1. The number of anilines is 2. The van der Waals surface area contributed by atoms with Crippen LogP contribution in [0.25, 0.3) is 0 Å². The largest absolute Gasteiger partial charge is 0.399 e. The SMILES string of the molecule is CC1CN(C)c2ccccc2CN1C(=O)CCc1ccccc1N. The number of nitrogens with zero attached hydrogens (tertiary/aromatic N) is 2. The van der Waals surface area contributed by atoms with E-state index in [2.05, 4.69) is 37.1 Å². The van der Waals surface area contributed by atoms with Crippen molar-refractivity contribution in [3.63, 3.8) is 0 Å². The predicted molar refractivity (Wildman–Crippen MR) is 98.9 cm³/mol. The van der Waals surface area contributed by atoms with Crippen molar-refractivity contribution in [1.29, 1.82) is 0 Å². The minimum Gasteiger partial charge on any atom is -0.399 e. The maximum Gasteiger partial charge on any atom is 0.223 e. The quantitative estimate of drug-likeness (QED) is 0.883. The van der Waals surface area contributed by atoms with Gasteiger partial charge in [-0.15, -0.1) is 0 Å². The number of amides is 1. The molecule has 1 amide bonds. The van der Waals surface area contributed by atoms with Gasteiger partial charge in [0.25, 0.3) is 0 Å². The van der Waals surface area contributed by atoms with Crippen molar-refractivity contribution in [2.24, 2.45) is 0 Å². The van der Waals surface area contributed by atoms with Crippen LogP contribution < -0.4 is 10.6 Å². The lowest BCUT2D eigenvalue weighted by Crippen LogP contribution is -2.42. The van der Waals surface area contributed by atoms with E-state index in [4.69, 9.17) is 5.73 Å². The second-order valence-electron chi connectivity index (χ2n) is 6.58. The van der Waals surface area contributed by atoms with E-state index in [0.29, 0.717) is 19.4 Å². The highest BCUT2D eigenvalue weighted by atomic mass is 16.2. The van der Waals surface area contributed by atoms with Crippen LogP contribution in [-0.2, 0) is 17.8 Å². The van der Waals surface area contributed by atoms with Crippen molar-refractivity contribution < 1.29 is 4.79 Å². The molecule has 0 bridgehead atoms. The maximum absolute atomic E-state index is 12.8. The number of hydrogen-bond donors (Lipinski definition) is 1. The normalized spacial score (nSPS) is 17.3. The van der Waals surface area contributed by atoms with Gasteiger partial charge in [0.05, 0.1) is 0 Å². The Balaban J connectivity index is 1.73. The number of benzene rings is 2. The average Bonchev–Trinajstić information content (AvgIpc) is 2.70. The Morgan fingerprint density at radius 1 is 1.17 bits per heavy atom. The van der Waals surface area contributed by atoms with Crippen molar-refractivity contribution >= 4 is 17.3 Å². The molecule has 4 heteroatoms. The predicted octanol–water partition coefficient (Wildman–Crippen LogP) is 3.07. The molecule has 1 aliphatic heterocycles. The van der Waals surface area contributed by atoms with Crippen LogP contribution in [0.2, 0.25) is 0 Å². The number of nitrogens with two attached hydrogens (primary N) is 1. The lowest BCUT2D eigenvalue weighted by Gasteiger charge is -2.28. The van der Waals surface area contributed by atoms with Gasteiger partial charge in [-0.25, -0.2) is 0 Å². The first-order valence-corrected chi connectivity index (χ1v) is 8.48. The molecule has 24 heavy (non-hydrogen) atoms. The van der Waals surface area contributed by atoms with Crippen LogP contribution in [-0.4, -0.2) is 30.4 Å². The molecule has 0 saturated heterocycles. The van der Waals surface area contributed by atoms with Crippen LogP contribution in [0.4, 0.5) is 11.4 Å². The molecule has 1 heterocycles. The molecule has 0 aliphatic carbocycles. The van der Waals surface area contributed by atoms with E-state index in [0.717, 1.165) is 17.8 Å². The summed E-state index contributed by atoms with van der Waals surface area (Å²) in [6.45, 7) is 3.64. The first kappa shape index (κ1) is 16.4. The average molecular weight is 323 g/mol. The van der Waals surface area contributed by atoms with E-state index >= 15 is 0 Å². The summed E-state index contributed by atoms with van der Waals surface area (Å²) in [5, 5.41) is 0. The Morgan fingerprint density at radius 2 is 1.88 bits per heavy atom. The molecule has 2 aromatic carbocycles. The van der Waals surface area contributed by atoms with E-state index in [1.165, 1.54) is 11.3 Å². The van der Waals surface area contributed by atoms with Crippen molar-refractivity contribution in [3.05, 3.63) is 59.7 Å². The van der Waals surface area contributed by atoms with Gasteiger partial charge in [0.2, 0.25) is 5.91 Å². The zero-order valence-electron chi connectivity index (χ0n) is 14.4. The molecule has 1 atom stereocenters. The van der Waals surface area contributed by atoms with E-state index in [9.17, 15) is 4.79 Å². The van der Waals surface area contributed by atoms with Crippen LogP contribution >= 0.6 is 0 Å². The molecule has 126 valence electrons. The van der Waals surface area contributed by atoms with Crippen LogP contribution in [0.5, 0.6) is 0 Å². The molecule has 0 radical (unpaired) electrons. The zero-order chi connectivity index (χ0) is 17.1. The molecule has 3 rings (SSSR count). The molecular weight excluding hydrogens is 298 g/mol. The molecule has 1 aliphatic rings. The summed E-state index contributed by atoms with van der Waals surface area (Å²) >= 11 is 0. The summed E-state index contributed by atoms with van der Waals surface area (Å²) in [6.07, 6.45) is 1.18. The summed E-state index contributed by atoms with van der Waals surface area (Å²) in [7, 11) is 2.09. The third kappa shape index (κ3) is 3.37. The second kappa shape index (κ2) is 6.95. The number of para-hydroxylation sites is 2. The Labute approximate surface area is 143 Å². The lowest BCUT2D eigenvalue weighted by molar-refractivity contribution is -0.133. The number of hydrogen-bond acceptors (Lipinski definition) is 3. The number of nitrogen functional groups attached to an aromatic ring is 1. The molecule has 4 nitrogen and oxygen atoms in total. The monoisotopic (exact) mass is 323 g/mol. The number of carbonyl (C=O) groups is 1. The van der Waals surface area contributed by atoms with Crippen molar-refractivity contribution in [1.82, 2.24) is 4.90 Å². The van der Waals surface area contributed by atoms with E-state index in [1.807, 2.05) is 35.2 Å². The molecule has 0 fully saturated rings. The summed E-state index contributed by atoms with van der Waals surface area (Å²) in [6, 6.07) is 16.3. The van der Waals surface area contributed by atoms with Crippen LogP contribution in [0, 0.1) is 0 Å². The van der Waals surface area contributed by atoms with Gasteiger partial charge >= 0.3 is 0 Å². The number of rotatable bonds is 3. The van der Waals surface area contributed by atoms with E-state index in [-0.39, 0.29) is 11.9 Å². The van der Waals surface area contributed by atoms with E-state index in [1.54, 1.807) is 0 Å². The number of fused-ring (bicyclic) bond motifs is 1. The van der Waals surface area contributed by atoms with Gasteiger partial charge < -0.3 is 15.5 Å². The molecule has 0 spiro atoms. The fourth-order valence-corrected chi connectivity index (χ4v) is 3.43.